The Hall–Kier alpha value is 0.140. The molecular weight excluding hydrogens is 246 g/mol. The van der Waals surface area contributed by atoms with Crippen LogP contribution in [0.5, 0.6) is 0 Å². The van der Waals surface area contributed by atoms with Crippen molar-refractivity contribution in [2.75, 3.05) is 6.54 Å². The molecule has 1 aromatic heterocycles. The number of halogens is 1. The minimum absolute atomic E-state index is 0.532. The lowest BCUT2D eigenvalue weighted by atomic mass is 10.1. The quantitative estimate of drug-likeness (QED) is 0.846. The Balaban J connectivity index is 2.69. The molecule has 0 saturated heterocycles. The second-order valence-corrected chi connectivity index (χ2v) is 4.83. The van der Waals surface area contributed by atoms with Crippen LogP contribution in [-0.2, 0) is 0 Å². The summed E-state index contributed by atoms with van der Waals surface area (Å²) in [6.07, 6.45) is 2.44. The van der Waals surface area contributed by atoms with Crippen LogP contribution in [0.1, 0.15) is 37.6 Å². The van der Waals surface area contributed by atoms with Crippen LogP contribution in [0.3, 0.4) is 0 Å². The average molecular weight is 262 g/mol. The molecule has 1 heterocycles. The highest BCUT2D eigenvalue weighted by atomic mass is 79.9. The lowest BCUT2D eigenvalue weighted by Crippen LogP contribution is -2.19. The van der Waals surface area contributed by atoms with Crippen molar-refractivity contribution in [3.63, 3.8) is 0 Å². The molecule has 0 amide bonds. The van der Waals surface area contributed by atoms with E-state index in [0.717, 1.165) is 6.54 Å². The molecule has 1 nitrogen and oxygen atoms in total. The summed E-state index contributed by atoms with van der Waals surface area (Å²) in [7, 11) is 0. The zero-order valence-corrected chi connectivity index (χ0v) is 10.5. The van der Waals surface area contributed by atoms with Crippen LogP contribution < -0.4 is 5.32 Å². The van der Waals surface area contributed by atoms with Gasteiger partial charge in [-0.15, -0.1) is 11.3 Å². The molecule has 0 saturated carbocycles. The van der Waals surface area contributed by atoms with Gasteiger partial charge in [0.25, 0.3) is 0 Å². The lowest BCUT2D eigenvalue weighted by molar-refractivity contribution is 0.515. The largest absolute Gasteiger partial charge is 0.309 e. The Bertz CT molecular complexity index is 241. The zero-order valence-electron chi connectivity index (χ0n) is 8.14. The highest BCUT2D eigenvalue weighted by molar-refractivity contribution is 9.10. The number of nitrogens with one attached hydrogen (secondary N) is 1. The second kappa shape index (κ2) is 5.78. The van der Waals surface area contributed by atoms with E-state index in [1.165, 1.54) is 22.2 Å². The summed E-state index contributed by atoms with van der Waals surface area (Å²) in [5.74, 6) is 0. The van der Waals surface area contributed by atoms with Crippen molar-refractivity contribution < 1.29 is 0 Å². The summed E-state index contributed by atoms with van der Waals surface area (Å²) in [5, 5.41) is 5.65. The van der Waals surface area contributed by atoms with E-state index in [1.807, 2.05) is 11.3 Å². The van der Waals surface area contributed by atoms with E-state index in [9.17, 15) is 0 Å². The minimum Gasteiger partial charge on any atom is -0.309 e. The van der Waals surface area contributed by atoms with E-state index in [0.29, 0.717) is 6.04 Å². The van der Waals surface area contributed by atoms with Gasteiger partial charge in [0.2, 0.25) is 0 Å². The van der Waals surface area contributed by atoms with E-state index in [2.05, 4.69) is 46.5 Å². The van der Waals surface area contributed by atoms with Gasteiger partial charge >= 0.3 is 0 Å². The first kappa shape index (κ1) is 11.2. The van der Waals surface area contributed by atoms with Crippen molar-refractivity contribution >= 4 is 27.3 Å². The third-order valence-electron chi connectivity index (χ3n) is 1.99. The van der Waals surface area contributed by atoms with E-state index >= 15 is 0 Å². The second-order valence-electron chi connectivity index (χ2n) is 3.03. The minimum atomic E-state index is 0.532. The third kappa shape index (κ3) is 3.08. The van der Waals surface area contributed by atoms with Crippen LogP contribution in [0.25, 0.3) is 0 Å². The fourth-order valence-electron chi connectivity index (χ4n) is 1.41. The van der Waals surface area contributed by atoms with Gasteiger partial charge in [-0.3, -0.25) is 0 Å². The van der Waals surface area contributed by atoms with Crippen LogP contribution >= 0.6 is 27.3 Å². The summed E-state index contributed by atoms with van der Waals surface area (Å²) in [6, 6.07) is 2.66. The third-order valence-corrected chi connectivity index (χ3v) is 3.97. The maximum Gasteiger partial charge on any atom is 0.0426 e. The molecule has 0 radical (unpaired) electrons. The zero-order chi connectivity index (χ0) is 9.68. The summed E-state index contributed by atoms with van der Waals surface area (Å²) in [6.45, 7) is 5.42. The predicted octanol–water partition coefficient (Wildman–Crippen LogP) is 3.96. The standard InChI is InChI=1S/C10H16BrNS/c1-3-5-9(12-4-2)10-8(11)6-7-13-10/h6-7,9,12H,3-5H2,1-2H3. The Morgan fingerprint density at radius 3 is 2.77 bits per heavy atom. The molecule has 0 aliphatic rings. The van der Waals surface area contributed by atoms with Gasteiger partial charge in [-0.2, -0.15) is 0 Å². The van der Waals surface area contributed by atoms with E-state index in [-0.39, 0.29) is 0 Å². The Labute approximate surface area is 92.7 Å². The van der Waals surface area contributed by atoms with Crippen LogP contribution in [-0.4, -0.2) is 6.54 Å². The van der Waals surface area contributed by atoms with E-state index < -0.39 is 0 Å². The van der Waals surface area contributed by atoms with Gasteiger partial charge in [-0.25, -0.2) is 0 Å². The summed E-state index contributed by atoms with van der Waals surface area (Å²) in [5.41, 5.74) is 0. The summed E-state index contributed by atoms with van der Waals surface area (Å²) in [4.78, 5) is 1.43. The van der Waals surface area contributed by atoms with Gasteiger partial charge in [-0.05, 0) is 40.3 Å². The predicted molar refractivity (Wildman–Crippen MR) is 63.3 cm³/mol. The Kier molecular flexibility index (Phi) is 4.99. The molecule has 0 aliphatic heterocycles. The highest BCUT2D eigenvalue weighted by Gasteiger charge is 2.13. The molecule has 1 N–H and O–H groups in total. The van der Waals surface area contributed by atoms with Crippen LogP contribution in [0, 0.1) is 0 Å². The fourth-order valence-corrected chi connectivity index (χ4v) is 3.18. The van der Waals surface area contributed by atoms with E-state index in [1.54, 1.807) is 0 Å². The van der Waals surface area contributed by atoms with Gasteiger partial charge in [0.15, 0.2) is 0 Å². The van der Waals surface area contributed by atoms with Crippen LogP contribution in [0.2, 0.25) is 0 Å². The van der Waals surface area contributed by atoms with E-state index in [4.69, 9.17) is 0 Å². The van der Waals surface area contributed by atoms with Crippen molar-refractivity contribution in [2.24, 2.45) is 0 Å². The lowest BCUT2D eigenvalue weighted by Gasteiger charge is -2.15. The van der Waals surface area contributed by atoms with Crippen molar-refractivity contribution in [1.29, 1.82) is 0 Å². The normalized spacial score (nSPS) is 13.2. The molecule has 0 aromatic carbocycles. The maximum absolute atomic E-state index is 3.58. The molecule has 3 heteroatoms. The number of hydrogen-bond donors (Lipinski definition) is 1. The summed E-state index contributed by atoms with van der Waals surface area (Å²) >= 11 is 5.41. The van der Waals surface area contributed by atoms with Gasteiger partial charge in [0.1, 0.15) is 0 Å². The monoisotopic (exact) mass is 261 g/mol. The molecule has 1 atom stereocenters. The molecule has 13 heavy (non-hydrogen) atoms. The topological polar surface area (TPSA) is 12.0 Å². The molecule has 0 fully saturated rings. The maximum atomic E-state index is 3.58. The van der Waals surface area contributed by atoms with Crippen LogP contribution in [0.4, 0.5) is 0 Å². The fraction of sp³-hybridized carbons (Fsp3) is 0.600. The number of rotatable bonds is 5. The number of hydrogen-bond acceptors (Lipinski definition) is 2. The Morgan fingerprint density at radius 1 is 1.54 bits per heavy atom. The first-order chi connectivity index (χ1) is 6.29. The molecule has 0 spiro atoms. The van der Waals surface area contributed by atoms with Crippen molar-refractivity contribution in [2.45, 2.75) is 32.7 Å². The molecule has 1 rings (SSSR count). The molecular formula is C10H16BrNS. The highest BCUT2D eigenvalue weighted by Crippen LogP contribution is 2.31. The van der Waals surface area contributed by atoms with Crippen molar-refractivity contribution in [3.05, 3.63) is 20.8 Å². The molecule has 0 bridgehead atoms. The van der Waals surface area contributed by atoms with Crippen molar-refractivity contribution in [1.82, 2.24) is 5.32 Å². The SMILES string of the molecule is CCCC(NCC)c1sccc1Br. The number of thiophene rings is 1. The average Bonchev–Trinajstić information content (AvgIpc) is 2.51. The Morgan fingerprint density at radius 2 is 2.31 bits per heavy atom. The first-order valence-electron chi connectivity index (χ1n) is 4.75. The smallest absolute Gasteiger partial charge is 0.0426 e. The molecule has 74 valence electrons. The van der Waals surface area contributed by atoms with Gasteiger partial charge in [-0.1, -0.05) is 20.3 Å². The first-order valence-corrected chi connectivity index (χ1v) is 6.43. The molecule has 0 aliphatic carbocycles. The van der Waals surface area contributed by atoms with Crippen LogP contribution in [0.15, 0.2) is 15.9 Å². The van der Waals surface area contributed by atoms with Gasteiger partial charge in [0, 0.05) is 15.4 Å². The van der Waals surface area contributed by atoms with Gasteiger partial charge in [0.05, 0.1) is 0 Å². The van der Waals surface area contributed by atoms with Gasteiger partial charge < -0.3 is 5.32 Å². The molecule has 1 unspecified atom stereocenters. The van der Waals surface area contributed by atoms with Crippen molar-refractivity contribution in [3.8, 4) is 0 Å². The summed E-state index contributed by atoms with van der Waals surface area (Å²) < 4.78 is 1.25. The molecule has 1 aromatic rings.